The van der Waals surface area contributed by atoms with Gasteiger partial charge in [-0.2, -0.15) is 0 Å². The second kappa shape index (κ2) is 7.58. The third kappa shape index (κ3) is 3.76. The third-order valence-corrected chi connectivity index (χ3v) is 5.28. The van der Waals surface area contributed by atoms with E-state index in [1.165, 1.54) is 16.3 Å². The quantitative estimate of drug-likeness (QED) is 0.523. The summed E-state index contributed by atoms with van der Waals surface area (Å²) in [6, 6.07) is 14.9. The Hall–Kier alpha value is -1.63. The van der Waals surface area contributed by atoms with E-state index in [9.17, 15) is 0 Å². The third-order valence-electron chi connectivity index (χ3n) is 3.22. The van der Waals surface area contributed by atoms with E-state index in [-0.39, 0.29) is 0 Å². The molecule has 1 aromatic heterocycles. The number of nitrogens with one attached hydrogen (secondary N) is 1. The van der Waals surface area contributed by atoms with Crippen LogP contribution in [0, 0.1) is 0 Å². The Morgan fingerprint density at radius 2 is 2.00 bits per heavy atom. The van der Waals surface area contributed by atoms with Crippen molar-refractivity contribution in [3.8, 4) is 0 Å². The van der Waals surface area contributed by atoms with Crippen molar-refractivity contribution in [1.29, 1.82) is 0 Å². The highest BCUT2D eigenvalue weighted by atomic mass is 32.2. The maximum absolute atomic E-state index is 5.01. The first kappa shape index (κ1) is 15.3. The van der Waals surface area contributed by atoms with Gasteiger partial charge >= 0.3 is 0 Å². The Labute approximate surface area is 137 Å². The van der Waals surface area contributed by atoms with Crippen molar-refractivity contribution in [3.63, 3.8) is 0 Å². The molecule has 22 heavy (non-hydrogen) atoms. The van der Waals surface area contributed by atoms with E-state index in [0.717, 1.165) is 21.8 Å². The Balaban J connectivity index is 1.64. The summed E-state index contributed by atoms with van der Waals surface area (Å²) < 4.78 is 5.98. The lowest BCUT2D eigenvalue weighted by Gasteiger charge is -2.04. The highest BCUT2D eigenvalue weighted by molar-refractivity contribution is 8.00. The van der Waals surface area contributed by atoms with Crippen LogP contribution < -0.4 is 5.32 Å². The number of fused-ring (bicyclic) bond motifs is 1. The van der Waals surface area contributed by atoms with E-state index in [2.05, 4.69) is 58.0 Å². The Kier molecular flexibility index (Phi) is 5.26. The first-order valence-corrected chi connectivity index (χ1v) is 8.83. The number of thioether (sulfide) groups is 1. The van der Waals surface area contributed by atoms with Crippen molar-refractivity contribution in [2.24, 2.45) is 0 Å². The van der Waals surface area contributed by atoms with Gasteiger partial charge < -0.3 is 10.1 Å². The molecule has 0 saturated heterocycles. The van der Waals surface area contributed by atoms with Gasteiger partial charge in [0.05, 0.1) is 6.61 Å². The summed E-state index contributed by atoms with van der Waals surface area (Å²) in [5, 5.41) is 15.0. The molecule has 6 heteroatoms. The standard InChI is InChI=1S/C16H17N3OS2/c1-20-10-9-17-15-18-19-16(22-15)21-11-13-7-4-6-12-5-2-3-8-14(12)13/h2-8H,9-11H2,1H3,(H,17,18). The van der Waals surface area contributed by atoms with Gasteiger partial charge in [-0.25, -0.2) is 0 Å². The molecule has 0 aliphatic carbocycles. The van der Waals surface area contributed by atoms with Gasteiger partial charge in [0.25, 0.3) is 0 Å². The van der Waals surface area contributed by atoms with Crippen LogP contribution in [-0.2, 0) is 10.5 Å². The number of aromatic nitrogens is 2. The average Bonchev–Trinajstić information content (AvgIpc) is 3.01. The van der Waals surface area contributed by atoms with Crippen molar-refractivity contribution in [3.05, 3.63) is 48.0 Å². The largest absolute Gasteiger partial charge is 0.383 e. The van der Waals surface area contributed by atoms with Crippen molar-refractivity contribution >= 4 is 39.0 Å². The second-order valence-corrected chi connectivity index (χ2v) is 6.92. The second-order valence-electron chi connectivity index (χ2n) is 4.72. The van der Waals surface area contributed by atoms with E-state index < -0.39 is 0 Å². The van der Waals surface area contributed by atoms with Gasteiger partial charge in [0.2, 0.25) is 5.13 Å². The van der Waals surface area contributed by atoms with Gasteiger partial charge in [0.15, 0.2) is 4.34 Å². The van der Waals surface area contributed by atoms with Gasteiger partial charge in [-0.3, -0.25) is 0 Å². The summed E-state index contributed by atoms with van der Waals surface area (Å²) in [4.78, 5) is 0. The molecule has 0 radical (unpaired) electrons. The van der Waals surface area contributed by atoms with E-state index in [1.807, 2.05) is 0 Å². The van der Waals surface area contributed by atoms with Crippen LogP contribution in [0.2, 0.25) is 0 Å². The number of ether oxygens (including phenoxy) is 1. The molecule has 0 spiro atoms. The molecule has 0 unspecified atom stereocenters. The van der Waals surface area contributed by atoms with Crippen LogP contribution in [-0.4, -0.2) is 30.5 Å². The molecular weight excluding hydrogens is 314 g/mol. The summed E-state index contributed by atoms with van der Waals surface area (Å²) >= 11 is 3.30. The molecule has 0 saturated carbocycles. The zero-order valence-electron chi connectivity index (χ0n) is 12.3. The lowest BCUT2D eigenvalue weighted by molar-refractivity contribution is 0.211. The van der Waals surface area contributed by atoms with Crippen LogP contribution in [0.4, 0.5) is 5.13 Å². The molecule has 0 aliphatic rings. The molecule has 0 atom stereocenters. The van der Waals surface area contributed by atoms with Gasteiger partial charge in [0, 0.05) is 19.4 Å². The molecule has 0 aliphatic heterocycles. The van der Waals surface area contributed by atoms with Crippen molar-refractivity contribution in [1.82, 2.24) is 10.2 Å². The van der Waals surface area contributed by atoms with Crippen LogP contribution in [0.5, 0.6) is 0 Å². The molecule has 1 N–H and O–H groups in total. The van der Waals surface area contributed by atoms with Crippen LogP contribution in [0.1, 0.15) is 5.56 Å². The lowest BCUT2D eigenvalue weighted by Crippen LogP contribution is -2.06. The predicted molar refractivity (Wildman–Crippen MR) is 93.8 cm³/mol. The van der Waals surface area contributed by atoms with E-state index >= 15 is 0 Å². The molecular formula is C16H17N3OS2. The normalized spacial score (nSPS) is 11.0. The summed E-state index contributed by atoms with van der Waals surface area (Å²) in [5.41, 5.74) is 1.33. The predicted octanol–water partition coefficient (Wildman–Crippen LogP) is 4.04. The fraction of sp³-hybridized carbons (Fsp3) is 0.250. The molecule has 3 aromatic rings. The van der Waals surface area contributed by atoms with E-state index in [1.54, 1.807) is 30.2 Å². The van der Waals surface area contributed by atoms with Crippen LogP contribution in [0.15, 0.2) is 46.8 Å². The zero-order valence-corrected chi connectivity index (χ0v) is 13.9. The summed E-state index contributed by atoms with van der Waals surface area (Å²) in [6.07, 6.45) is 0. The van der Waals surface area contributed by atoms with Crippen molar-refractivity contribution in [2.75, 3.05) is 25.6 Å². The number of hydrogen-bond donors (Lipinski definition) is 1. The summed E-state index contributed by atoms with van der Waals surface area (Å²) in [5.74, 6) is 0.897. The van der Waals surface area contributed by atoms with Crippen molar-refractivity contribution < 1.29 is 4.74 Å². The average molecular weight is 331 g/mol. The van der Waals surface area contributed by atoms with Gasteiger partial charge in [-0.15, -0.1) is 10.2 Å². The Morgan fingerprint density at radius 3 is 2.91 bits per heavy atom. The number of hydrogen-bond acceptors (Lipinski definition) is 6. The molecule has 1 heterocycles. The number of anilines is 1. The molecule has 114 valence electrons. The molecule has 0 amide bonds. The first-order valence-electron chi connectivity index (χ1n) is 7.02. The van der Waals surface area contributed by atoms with Crippen LogP contribution in [0.3, 0.4) is 0 Å². The summed E-state index contributed by atoms with van der Waals surface area (Å²) in [7, 11) is 1.69. The highest BCUT2D eigenvalue weighted by Crippen LogP contribution is 2.30. The molecule has 0 bridgehead atoms. The van der Waals surface area contributed by atoms with Crippen LogP contribution in [0.25, 0.3) is 10.8 Å². The molecule has 4 nitrogen and oxygen atoms in total. The molecule has 0 fully saturated rings. The lowest BCUT2D eigenvalue weighted by atomic mass is 10.1. The maximum atomic E-state index is 5.01. The first-order chi connectivity index (χ1) is 10.9. The van der Waals surface area contributed by atoms with E-state index in [0.29, 0.717) is 6.61 Å². The van der Waals surface area contributed by atoms with E-state index in [4.69, 9.17) is 4.74 Å². The minimum atomic E-state index is 0.665. The number of benzene rings is 2. The molecule has 3 rings (SSSR count). The minimum Gasteiger partial charge on any atom is -0.383 e. The Bertz CT molecular complexity index is 740. The topological polar surface area (TPSA) is 47.0 Å². The fourth-order valence-electron chi connectivity index (χ4n) is 2.16. The highest BCUT2D eigenvalue weighted by Gasteiger charge is 2.06. The van der Waals surface area contributed by atoms with Gasteiger partial charge in [0.1, 0.15) is 0 Å². The number of nitrogens with zero attached hydrogens (tertiary/aromatic N) is 2. The maximum Gasteiger partial charge on any atom is 0.206 e. The Morgan fingerprint density at radius 1 is 1.14 bits per heavy atom. The SMILES string of the molecule is COCCNc1nnc(SCc2cccc3ccccc23)s1. The zero-order chi connectivity index (χ0) is 15.2. The number of rotatable bonds is 7. The molecule has 2 aromatic carbocycles. The van der Waals surface area contributed by atoms with Gasteiger partial charge in [-0.05, 0) is 16.3 Å². The fourth-order valence-corrected chi connectivity index (χ4v) is 3.94. The van der Waals surface area contributed by atoms with Crippen molar-refractivity contribution in [2.45, 2.75) is 10.1 Å². The smallest absolute Gasteiger partial charge is 0.206 e. The van der Waals surface area contributed by atoms with Crippen LogP contribution >= 0.6 is 23.1 Å². The number of methoxy groups -OCH3 is 1. The monoisotopic (exact) mass is 331 g/mol. The minimum absolute atomic E-state index is 0.665. The summed E-state index contributed by atoms with van der Waals surface area (Å²) in [6.45, 7) is 1.41. The van der Waals surface area contributed by atoms with Gasteiger partial charge in [-0.1, -0.05) is 65.6 Å².